The summed E-state index contributed by atoms with van der Waals surface area (Å²) in [7, 11) is -3.33. The van der Waals surface area contributed by atoms with Gasteiger partial charge in [-0.25, -0.2) is 8.42 Å². The van der Waals surface area contributed by atoms with E-state index in [4.69, 9.17) is 0 Å². The number of hydrogen-bond donors (Lipinski definition) is 2. The molecule has 0 bridgehead atoms. The maximum atomic E-state index is 12.7. The highest BCUT2D eigenvalue weighted by atomic mass is 32.2. The minimum absolute atomic E-state index is 0.402. The zero-order chi connectivity index (χ0) is 15.0. The van der Waals surface area contributed by atoms with E-state index in [9.17, 15) is 8.42 Å². The van der Waals surface area contributed by atoms with E-state index in [1.165, 1.54) is 12.8 Å². The Labute approximate surface area is 127 Å². The second kappa shape index (κ2) is 5.74. The molecule has 2 heterocycles. The van der Waals surface area contributed by atoms with Crippen LogP contribution < -0.4 is 5.32 Å². The fourth-order valence-corrected chi connectivity index (χ4v) is 4.41. The predicted molar refractivity (Wildman–Crippen MR) is 82.4 cm³/mol. The fraction of sp³-hybridized carbons (Fsp3) is 0.733. The lowest BCUT2D eigenvalue weighted by Gasteiger charge is -2.17. The zero-order valence-corrected chi connectivity index (χ0v) is 13.6. The van der Waals surface area contributed by atoms with Crippen molar-refractivity contribution in [1.29, 1.82) is 0 Å². The Kier molecular flexibility index (Phi) is 4.12. The standard InChI is InChI=1S/C15H25N3O2S/c1-11(2)12-5-6-18(10-12)21(19,20)15-7-14(17-9-15)8-16-13-3-4-13/h7,9,11-13,16-17H,3-6,8,10H2,1-2H3. The number of rotatable bonds is 6. The van der Waals surface area contributed by atoms with Gasteiger partial charge in [-0.1, -0.05) is 13.8 Å². The van der Waals surface area contributed by atoms with Crippen molar-refractivity contribution in [1.82, 2.24) is 14.6 Å². The molecule has 1 aliphatic carbocycles. The monoisotopic (exact) mass is 311 g/mol. The lowest BCUT2D eigenvalue weighted by atomic mass is 9.96. The first-order valence-corrected chi connectivity index (χ1v) is 9.31. The highest BCUT2D eigenvalue weighted by molar-refractivity contribution is 7.89. The average Bonchev–Trinajstić information content (AvgIpc) is 2.96. The number of H-pyrrole nitrogens is 1. The predicted octanol–water partition coefficient (Wildman–Crippen LogP) is 1.93. The first-order valence-electron chi connectivity index (χ1n) is 7.87. The second-order valence-corrected chi connectivity index (χ2v) is 8.61. The Morgan fingerprint density at radius 3 is 2.76 bits per heavy atom. The van der Waals surface area contributed by atoms with E-state index in [0.717, 1.165) is 18.7 Å². The van der Waals surface area contributed by atoms with Crippen LogP contribution in [0.1, 0.15) is 38.8 Å². The zero-order valence-electron chi connectivity index (χ0n) is 12.8. The lowest BCUT2D eigenvalue weighted by molar-refractivity contribution is 0.388. The largest absolute Gasteiger partial charge is 0.363 e. The van der Waals surface area contributed by atoms with Crippen molar-refractivity contribution in [3.63, 3.8) is 0 Å². The molecule has 6 heteroatoms. The van der Waals surface area contributed by atoms with E-state index in [-0.39, 0.29) is 0 Å². The van der Waals surface area contributed by atoms with Crippen LogP contribution in [-0.2, 0) is 16.6 Å². The SMILES string of the molecule is CC(C)C1CCN(S(=O)(=O)c2c[nH]c(CNC3CC3)c2)C1. The van der Waals surface area contributed by atoms with E-state index >= 15 is 0 Å². The highest BCUT2D eigenvalue weighted by Crippen LogP contribution is 2.29. The van der Waals surface area contributed by atoms with Crippen molar-refractivity contribution in [3.8, 4) is 0 Å². The Morgan fingerprint density at radius 1 is 1.38 bits per heavy atom. The molecule has 0 aromatic carbocycles. The third kappa shape index (κ3) is 3.33. The third-order valence-electron chi connectivity index (χ3n) is 4.64. The summed E-state index contributed by atoms with van der Waals surface area (Å²) in [6.45, 7) is 6.35. The summed E-state index contributed by atoms with van der Waals surface area (Å²) in [5, 5.41) is 3.39. The van der Waals surface area contributed by atoms with Crippen molar-refractivity contribution in [3.05, 3.63) is 18.0 Å². The van der Waals surface area contributed by atoms with E-state index in [1.54, 1.807) is 16.6 Å². The summed E-state index contributed by atoms with van der Waals surface area (Å²) in [5.41, 5.74) is 0.945. The van der Waals surface area contributed by atoms with E-state index in [1.807, 2.05) is 0 Å². The van der Waals surface area contributed by atoms with Crippen molar-refractivity contribution in [2.75, 3.05) is 13.1 Å². The highest BCUT2D eigenvalue weighted by Gasteiger charge is 2.34. The summed E-state index contributed by atoms with van der Waals surface area (Å²) in [6, 6.07) is 2.40. The lowest BCUT2D eigenvalue weighted by Crippen LogP contribution is -2.29. The van der Waals surface area contributed by atoms with Gasteiger partial charge >= 0.3 is 0 Å². The molecule has 21 heavy (non-hydrogen) atoms. The molecular formula is C15H25N3O2S. The van der Waals surface area contributed by atoms with Gasteiger partial charge < -0.3 is 10.3 Å². The molecule has 2 fully saturated rings. The number of nitrogens with zero attached hydrogens (tertiary/aromatic N) is 1. The summed E-state index contributed by atoms with van der Waals surface area (Å²) in [4.78, 5) is 3.49. The molecule has 1 saturated heterocycles. The first kappa shape index (κ1) is 15.1. The normalized spacial score (nSPS) is 24.0. The summed E-state index contributed by atoms with van der Waals surface area (Å²) in [5.74, 6) is 1.02. The van der Waals surface area contributed by atoms with E-state index in [0.29, 0.717) is 35.9 Å². The molecule has 5 nitrogen and oxygen atoms in total. The van der Waals surface area contributed by atoms with Gasteiger partial charge in [-0.3, -0.25) is 0 Å². The molecule has 0 spiro atoms. The van der Waals surface area contributed by atoms with Crippen LogP contribution in [0.3, 0.4) is 0 Å². The van der Waals surface area contributed by atoms with Gasteiger partial charge in [0.05, 0.1) is 4.90 Å². The van der Waals surface area contributed by atoms with Crippen LogP contribution in [-0.4, -0.2) is 36.8 Å². The van der Waals surface area contributed by atoms with Gasteiger partial charge in [-0.05, 0) is 37.2 Å². The van der Waals surface area contributed by atoms with E-state index < -0.39 is 10.0 Å². The summed E-state index contributed by atoms with van der Waals surface area (Å²) < 4.78 is 26.9. The number of nitrogens with one attached hydrogen (secondary N) is 2. The average molecular weight is 311 g/mol. The summed E-state index contributed by atoms with van der Waals surface area (Å²) >= 11 is 0. The van der Waals surface area contributed by atoms with Crippen molar-refractivity contribution in [2.24, 2.45) is 11.8 Å². The molecule has 1 unspecified atom stereocenters. The van der Waals surface area contributed by atoms with Crippen LogP contribution in [0.4, 0.5) is 0 Å². The molecule has 2 aliphatic rings. The molecule has 0 radical (unpaired) electrons. The molecule has 1 aromatic rings. The maximum absolute atomic E-state index is 12.7. The number of aromatic amines is 1. The van der Waals surface area contributed by atoms with Gasteiger partial charge in [-0.2, -0.15) is 4.31 Å². The van der Waals surface area contributed by atoms with Gasteiger partial charge in [0.1, 0.15) is 0 Å². The molecule has 1 atom stereocenters. The van der Waals surface area contributed by atoms with Crippen LogP contribution >= 0.6 is 0 Å². The van der Waals surface area contributed by atoms with Gasteiger partial charge in [-0.15, -0.1) is 0 Å². The van der Waals surface area contributed by atoms with Gasteiger partial charge in [0.15, 0.2) is 0 Å². The maximum Gasteiger partial charge on any atom is 0.244 e. The Hall–Kier alpha value is -0.850. The number of hydrogen-bond acceptors (Lipinski definition) is 3. The van der Waals surface area contributed by atoms with Crippen LogP contribution in [0.2, 0.25) is 0 Å². The van der Waals surface area contributed by atoms with E-state index in [2.05, 4.69) is 24.1 Å². The Balaban J connectivity index is 1.66. The van der Waals surface area contributed by atoms with Crippen LogP contribution in [0.25, 0.3) is 0 Å². The molecule has 0 amide bonds. The Morgan fingerprint density at radius 2 is 2.14 bits per heavy atom. The molecule has 1 aliphatic heterocycles. The van der Waals surface area contributed by atoms with Crippen molar-refractivity contribution >= 4 is 10.0 Å². The van der Waals surface area contributed by atoms with Gasteiger partial charge in [0, 0.05) is 37.6 Å². The molecule has 3 rings (SSSR count). The summed E-state index contributed by atoms with van der Waals surface area (Å²) in [6.07, 6.45) is 5.06. The molecular weight excluding hydrogens is 286 g/mol. The van der Waals surface area contributed by atoms with Crippen LogP contribution in [0.15, 0.2) is 17.2 Å². The topological polar surface area (TPSA) is 65.2 Å². The molecule has 1 aromatic heterocycles. The van der Waals surface area contributed by atoms with Crippen LogP contribution in [0.5, 0.6) is 0 Å². The second-order valence-electron chi connectivity index (χ2n) is 6.67. The quantitative estimate of drug-likeness (QED) is 0.844. The van der Waals surface area contributed by atoms with Gasteiger partial charge in [0.2, 0.25) is 10.0 Å². The molecule has 2 N–H and O–H groups in total. The number of aromatic nitrogens is 1. The minimum Gasteiger partial charge on any atom is -0.363 e. The Bertz CT molecular complexity index is 590. The molecule has 118 valence electrons. The first-order chi connectivity index (χ1) is 9.96. The third-order valence-corrected chi connectivity index (χ3v) is 6.49. The van der Waals surface area contributed by atoms with Crippen molar-refractivity contribution in [2.45, 2.75) is 50.6 Å². The van der Waals surface area contributed by atoms with Crippen molar-refractivity contribution < 1.29 is 8.42 Å². The molecule has 1 saturated carbocycles. The smallest absolute Gasteiger partial charge is 0.244 e. The van der Waals surface area contributed by atoms with Crippen LogP contribution in [0, 0.1) is 11.8 Å². The number of sulfonamides is 1. The minimum atomic E-state index is -3.33. The fourth-order valence-electron chi connectivity index (χ4n) is 2.88. The van der Waals surface area contributed by atoms with Gasteiger partial charge in [0.25, 0.3) is 0 Å².